The smallest absolute Gasteiger partial charge is 0.272 e. The first kappa shape index (κ1) is 16.2. The Morgan fingerprint density at radius 3 is 2.47 bits per heavy atom. The molecular weight excluding hydrogens is 298 g/mol. The molecule has 0 fully saturated rings. The van der Waals surface area contributed by atoms with Gasteiger partial charge in [-0.1, -0.05) is 13.8 Å². The van der Waals surface area contributed by atoms with E-state index in [1.54, 1.807) is 0 Å². The van der Waals surface area contributed by atoms with Crippen molar-refractivity contribution in [2.45, 2.75) is 37.5 Å². The molecular formula is C12H15ClF2O3S. The molecule has 1 atom stereocenters. The SMILES string of the molecule is CCC(C)c1cc(S(=O)(=O)Cl)ccc1OCC(F)F. The highest BCUT2D eigenvalue weighted by molar-refractivity contribution is 8.13. The van der Waals surface area contributed by atoms with Crippen molar-refractivity contribution in [2.75, 3.05) is 6.61 Å². The molecule has 19 heavy (non-hydrogen) atoms. The van der Waals surface area contributed by atoms with Crippen molar-refractivity contribution < 1.29 is 21.9 Å². The third-order valence-corrected chi connectivity index (χ3v) is 4.12. The average molecular weight is 313 g/mol. The van der Waals surface area contributed by atoms with E-state index in [0.717, 1.165) is 6.42 Å². The summed E-state index contributed by atoms with van der Waals surface area (Å²) >= 11 is 0. The van der Waals surface area contributed by atoms with E-state index in [2.05, 4.69) is 0 Å². The Balaban J connectivity index is 3.17. The van der Waals surface area contributed by atoms with Crippen molar-refractivity contribution in [1.82, 2.24) is 0 Å². The van der Waals surface area contributed by atoms with Crippen molar-refractivity contribution >= 4 is 19.7 Å². The monoisotopic (exact) mass is 312 g/mol. The summed E-state index contributed by atoms with van der Waals surface area (Å²) in [7, 11) is 1.42. The first-order valence-electron chi connectivity index (χ1n) is 5.75. The zero-order valence-electron chi connectivity index (χ0n) is 10.6. The van der Waals surface area contributed by atoms with Crippen LogP contribution in [0.1, 0.15) is 31.7 Å². The van der Waals surface area contributed by atoms with Crippen LogP contribution >= 0.6 is 10.7 Å². The van der Waals surface area contributed by atoms with Gasteiger partial charge in [0.05, 0.1) is 4.90 Å². The van der Waals surface area contributed by atoms with Crippen LogP contribution in [0.2, 0.25) is 0 Å². The zero-order chi connectivity index (χ0) is 14.6. The average Bonchev–Trinajstić information content (AvgIpc) is 2.34. The number of ether oxygens (including phenoxy) is 1. The predicted octanol–water partition coefficient (Wildman–Crippen LogP) is 3.77. The van der Waals surface area contributed by atoms with Gasteiger partial charge in [-0.3, -0.25) is 0 Å². The van der Waals surface area contributed by atoms with Gasteiger partial charge >= 0.3 is 0 Å². The van der Waals surface area contributed by atoms with Gasteiger partial charge in [-0.2, -0.15) is 0 Å². The Labute approximate surface area is 115 Å². The minimum absolute atomic E-state index is 0.0222. The molecule has 108 valence electrons. The normalized spacial score (nSPS) is 13.6. The van der Waals surface area contributed by atoms with Crippen LogP contribution in [-0.2, 0) is 9.05 Å². The van der Waals surface area contributed by atoms with Crippen LogP contribution < -0.4 is 4.74 Å². The summed E-state index contributed by atoms with van der Waals surface area (Å²) in [5.74, 6) is 0.241. The fourth-order valence-electron chi connectivity index (χ4n) is 1.57. The van der Waals surface area contributed by atoms with E-state index in [1.165, 1.54) is 18.2 Å². The molecule has 0 amide bonds. The molecule has 1 aromatic rings. The molecule has 7 heteroatoms. The number of rotatable bonds is 6. The molecule has 0 heterocycles. The van der Waals surface area contributed by atoms with Crippen LogP contribution in [0.4, 0.5) is 8.78 Å². The van der Waals surface area contributed by atoms with Gasteiger partial charge in [-0.05, 0) is 36.1 Å². The largest absolute Gasteiger partial charge is 0.487 e. The first-order valence-corrected chi connectivity index (χ1v) is 8.06. The molecule has 0 aromatic heterocycles. The zero-order valence-corrected chi connectivity index (χ0v) is 12.1. The molecule has 0 aliphatic heterocycles. The van der Waals surface area contributed by atoms with Crippen LogP contribution in [0.15, 0.2) is 23.1 Å². The van der Waals surface area contributed by atoms with Gasteiger partial charge in [0.25, 0.3) is 15.5 Å². The minimum Gasteiger partial charge on any atom is -0.487 e. The summed E-state index contributed by atoms with van der Waals surface area (Å²) in [5.41, 5.74) is 0.560. The molecule has 1 aromatic carbocycles. The lowest BCUT2D eigenvalue weighted by molar-refractivity contribution is 0.0812. The second-order valence-electron chi connectivity index (χ2n) is 4.15. The summed E-state index contributed by atoms with van der Waals surface area (Å²) in [6.07, 6.45) is -1.86. The molecule has 0 radical (unpaired) electrons. The molecule has 0 spiro atoms. The maximum Gasteiger partial charge on any atom is 0.272 e. The molecule has 0 N–H and O–H groups in total. The van der Waals surface area contributed by atoms with E-state index in [1.807, 2.05) is 13.8 Å². The lowest BCUT2D eigenvalue weighted by Crippen LogP contribution is -2.09. The third-order valence-electron chi connectivity index (χ3n) is 2.77. The summed E-state index contributed by atoms with van der Waals surface area (Å²) in [4.78, 5) is -0.0612. The fourth-order valence-corrected chi connectivity index (χ4v) is 2.35. The molecule has 0 aliphatic rings. The molecule has 3 nitrogen and oxygen atoms in total. The lowest BCUT2D eigenvalue weighted by Gasteiger charge is -2.16. The fraction of sp³-hybridized carbons (Fsp3) is 0.500. The van der Waals surface area contributed by atoms with Gasteiger partial charge in [0, 0.05) is 10.7 Å². The van der Waals surface area contributed by atoms with Crippen LogP contribution in [0.5, 0.6) is 5.75 Å². The Bertz CT molecular complexity index is 532. The van der Waals surface area contributed by atoms with Crippen molar-refractivity contribution in [2.24, 2.45) is 0 Å². The predicted molar refractivity (Wildman–Crippen MR) is 69.7 cm³/mol. The van der Waals surface area contributed by atoms with E-state index in [0.29, 0.717) is 5.56 Å². The number of halogens is 3. The van der Waals surface area contributed by atoms with Crippen LogP contribution in [0.25, 0.3) is 0 Å². The topological polar surface area (TPSA) is 43.4 Å². The summed E-state index contributed by atoms with van der Waals surface area (Å²) in [5, 5.41) is 0. The van der Waals surface area contributed by atoms with Crippen LogP contribution in [0.3, 0.4) is 0 Å². The van der Waals surface area contributed by atoms with Crippen molar-refractivity contribution in [3.63, 3.8) is 0 Å². The first-order chi connectivity index (χ1) is 8.75. The summed E-state index contributed by atoms with van der Waals surface area (Å²) in [6, 6.07) is 3.98. The van der Waals surface area contributed by atoms with Gasteiger partial charge in [0.1, 0.15) is 12.4 Å². The number of hydrogen-bond donors (Lipinski definition) is 0. The van der Waals surface area contributed by atoms with Crippen molar-refractivity contribution in [3.8, 4) is 5.75 Å². The van der Waals surface area contributed by atoms with Gasteiger partial charge in [0.15, 0.2) is 0 Å². The van der Waals surface area contributed by atoms with Crippen LogP contribution in [0, 0.1) is 0 Å². The van der Waals surface area contributed by atoms with E-state index in [-0.39, 0.29) is 16.6 Å². The van der Waals surface area contributed by atoms with E-state index in [9.17, 15) is 17.2 Å². The van der Waals surface area contributed by atoms with E-state index >= 15 is 0 Å². The van der Waals surface area contributed by atoms with Gasteiger partial charge in [-0.25, -0.2) is 17.2 Å². The molecule has 0 bridgehead atoms. The second-order valence-corrected chi connectivity index (χ2v) is 6.71. The second kappa shape index (κ2) is 6.52. The minimum atomic E-state index is -3.85. The Morgan fingerprint density at radius 1 is 1.37 bits per heavy atom. The van der Waals surface area contributed by atoms with Crippen molar-refractivity contribution in [1.29, 1.82) is 0 Å². The van der Waals surface area contributed by atoms with E-state index < -0.39 is 22.1 Å². The molecule has 0 saturated heterocycles. The maximum absolute atomic E-state index is 12.2. The highest BCUT2D eigenvalue weighted by Gasteiger charge is 2.17. The summed E-state index contributed by atoms with van der Waals surface area (Å²) < 4.78 is 51.9. The Kier molecular flexibility index (Phi) is 5.55. The van der Waals surface area contributed by atoms with Gasteiger partial charge in [0.2, 0.25) is 0 Å². The molecule has 0 aliphatic carbocycles. The Morgan fingerprint density at radius 2 is 2.00 bits per heavy atom. The lowest BCUT2D eigenvalue weighted by atomic mass is 9.98. The third kappa shape index (κ3) is 4.62. The van der Waals surface area contributed by atoms with E-state index in [4.69, 9.17) is 15.4 Å². The van der Waals surface area contributed by atoms with Crippen molar-refractivity contribution in [3.05, 3.63) is 23.8 Å². The van der Waals surface area contributed by atoms with Gasteiger partial charge in [-0.15, -0.1) is 0 Å². The highest BCUT2D eigenvalue weighted by Crippen LogP contribution is 2.32. The number of alkyl halides is 2. The Hall–Kier alpha value is -0.880. The molecule has 1 unspecified atom stereocenters. The van der Waals surface area contributed by atoms with Gasteiger partial charge < -0.3 is 4.74 Å². The van der Waals surface area contributed by atoms with Crippen LogP contribution in [-0.4, -0.2) is 21.5 Å². The molecule has 1 rings (SSSR count). The maximum atomic E-state index is 12.2. The highest BCUT2D eigenvalue weighted by atomic mass is 35.7. The molecule has 0 saturated carbocycles. The number of benzene rings is 1. The summed E-state index contributed by atoms with van der Waals surface area (Å²) in [6.45, 7) is 3.04. The number of hydrogen-bond acceptors (Lipinski definition) is 3. The quantitative estimate of drug-likeness (QED) is 0.751. The standard InChI is InChI=1S/C12H15ClF2O3S/c1-3-8(2)10-6-9(19(13,16)17)4-5-11(10)18-7-12(14)15/h4-6,8,12H,3,7H2,1-2H3.